The zero-order valence-corrected chi connectivity index (χ0v) is 18.3. The third kappa shape index (κ3) is 5.16. The number of rotatable bonds is 6. The Morgan fingerprint density at radius 3 is 2.52 bits per heavy atom. The Labute approximate surface area is 169 Å². The van der Waals surface area contributed by atoms with Crippen molar-refractivity contribution in [3.8, 4) is 0 Å². The van der Waals surface area contributed by atoms with Crippen LogP contribution in [0.5, 0.6) is 0 Å². The highest BCUT2D eigenvalue weighted by atomic mass is 32.1. The fourth-order valence-corrected chi connectivity index (χ4v) is 4.85. The Morgan fingerprint density at radius 2 is 1.93 bits per heavy atom. The number of nitrogens with zero attached hydrogens (tertiary/aromatic N) is 6. The van der Waals surface area contributed by atoms with Gasteiger partial charge >= 0.3 is 0 Å². The highest BCUT2D eigenvalue weighted by molar-refractivity contribution is 7.11. The van der Waals surface area contributed by atoms with Crippen molar-refractivity contribution in [1.82, 2.24) is 24.6 Å². The van der Waals surface area contributed by atoms with Crippen LogP contribution in [-0.4, -0.2) is 64.5 Å². The summed E-state index contributed by atoms with van der Waals surface area (Å²) in [7, 11) is 0. The minimum absolute atomic E-state index is 0.793. The van der Waals surface area contributed by atoms with Gasteiger partial charge in [-0.1, -0.05) is 6.92 Å². The molecule has 0 bridgehead atoms. The van der Waals surface area contributed by atoms with E-state index >= 15 is 0 Å². The van der Waals surface area contributed by atoms with E-state index in [1.54, 1.807) is 11.3 Å². The van der Waals surface area contributed by atoms with Gasteiger partial charge in [0.25, 0.3) is 0 Å². The number of thiazole rings is 1. The molecule has 0 unspecified atom stereocenters. The zero-order chi connectivity index (χ0) is 19.2. The van der Waals surface area contributed by atoms with E-state index in [0.29, 0.717) is 0 Å². The Bertz CT molecular complexity index is 760. The zero-order valence-electron chi connectivity index (χ0n) is 16.7. The second kappa shape index (κ2) is 9.45. The molecule has 0 amide bonds. The molecule has 1 fully saturated rings. The van der Waals surface area contributed by atoms with Crippen molar-refractivity contribution in [3.05, 3.63) is 21.4 Å². The van der Waals surface area contributed by atoms with Gasteiger partial charge in [0.2, 0.25) is 5.13 Å². The monoisotopic (exact) mass is 407 g/mol. The molecule has 3 rings (SSSR count). The first-order valence-electron chi connectivity index (χ1n) is 9.64. The Hall–Kier alpha value is -1.74. The summed E-state index contributed by atoms with van der Waals surface area (Å²) in [6, 6.07) is 0. The Balaban J connectivity index is 1.56. The van der Waals surface area contributed by atoms with E-state index in [0.717, 1.165) is 79.7 Å². The average Bonchev–Trinajstić information content (AvgIpc) is 3.27. The molecule has 1 N–H and O–H groups in total. The molecule has 1 aliphatic rings. The maximum atomic E-state index is 4.86. The molecule has 0 saturated carbocycles. The average molecular weight is 408 g/mol. The summed E-state index contributed by atoms with van der Waals surface area (Å²) in [5, 5.41) is 5.63. The number of aromatic nitrogens is 3. The van der Waals surface area contributed by atoms with Crippen molar-refractivity contribution >= 4 is 34.0 Å². The standard InChI is InChI=1S/C18H29N7S2/c1-5-16-22-18(27-23-16)25-11-9-24(10-12-25)17(19-6-2)20-8-7-15-13(3)21-14(4)26-15/h5-12H2,1-4H3,(H,19,20). The van der Waals surface area contributed by atoms with E-state index in [1.165, 1.54) is 16.4 Å². The van der Waals surface area contributed by atoms with Gasteiger partial charge in [-0.15, -0.1) is 11.3 Å². The number of aliphatic imine (C=N–C) groups is 1. The lowest BCUT2D eigenvalue weighted by Crippen LogP contribution is -2.52. The van der Waals surface area contributed by atoms with Gasteiger partial charge in [-0.3, -0.25) is 4.99 Å². The van der Waals surface area contributed by atoms with Crippen molar-refractivity contribution < 1.29 is 0 Å². The molecule has 0 aromatic carbocycles. The van der Waals surface area contributed by atoms with Crippen LogP contribution < -0.4 is 10.2 Å². The lowest BCUT2D eigenvalue weighted by Gasteiger charge is -2.36. The minimum atomic E-state index is 0.793. The third-order valence-corrected chi connectivity index (χ3v) is 6.51. The van der Waals surface area contributed by atoms with Crippen LogP contribution in [0.3, 0.4) is 0 Å². The maximum absolute atomic E-state index is 4.86. The van der Waals surface area contributed by atoms with E-state index in [2.05, 4.69) is 57.2 Å². The first kappa shape index (κ1) is 20.0. The molecule has 9 heteroatoms. The fourth-order valence-electron chi connectivity index (χ4n) is 3.12. The second-order valence-electron chi connectivity index (χ2n) is 6.55. The highest BCUT2D eigenvalue weighted by Crippen LogP contribution is 2.20. The fraction of sp³-hybridized carbons (Fsp3) is 0.667. The van der Waals surface area contributed by atoms with Gasteiger partial charge in [-0.25, -0.2) is 9.97 Å². The van der Waals surface area contributed by atoms with E-state index < -0.39 is 0 Å². The summed E-state index contributed by atoms with van der Waals surface area (Å²) in [5.41, 5.74) is 1.15. The van der Waals surface area contributed by atoms with Gasteiger partial charge in [0.15, 0.2) is 5.96 Å². The largest absolute Gasteiger partial charge is 0.357 e. The van der Waals surface area contributed by atoms with Crippen LogP contribution in [-0.2, 0) is 12.8 Å². The Kier molecular flexibility index (Phi) is 7.01. The van der Waals surface area contributed by atoms with Crippen LogP contribution >= 0.6 is 22.9 Å². The van der Waals surface area contributed by atoms with Gasteiger partial charge in [-0.2, -0.15) is 4.37 Å². The number of nitrogens with one attached hydrogen (secondary N) is 1. The number of guanidine groups is 1. The summed E-state index contributed by atoms with van der Waals surface area (Å²) in [6.45, 7) is 13.9. The molecule has 1 aliphatic heterocycles. The topological polar surface area (TPSA) is 69.5 Å². The Morgan fingerprint density at radius 1 is 1.15 bits per heavy atom. The molecule has 0 aliphatic carbocycles. The van der Waals surface area contributed by atoms with Crippen molar-refractivity contribution in [2.45, 2.75) is 40.5 Å². The summed E-state index contributed by atoms with van der Waals surface area (Å²) in [5.74, 6) is 1.96. The van der Waals surface area contributed by atoms with Crippen LogP contribution in [0.4, 0.5) is 5.13 Å². The van der Waals surface area contributed by atoms with Crippen molar-refractivity contribution in [2.75, 3.05) is 44.2 Å². The van der Waals surface area contributed by atoms with Crippen LogP contribution in [0.2, 0.25) is 0 Å². The molecule has 1 saturated heterocycles. The van der Waals surface area contributed by atoms with Crippen molar-refractivity contribution in [2.24, 2.45) is 4.99 Å². The van der Waals surface area contributed by atoms with Crippen molar-refractivity contribution in [1.29, 1.82) is 0 Å². The SMILES string of the molecule is CCNC(=NCCc1sc(C)nc1C)N1CCN(c2nc(CC)ns2)CC1. The maximum Gasteiger partial charge on any atom is 0.205 e. The molecule has 0 radical (unpaired) electrons. The van der Waals surface area contributed by atoms with Gasteiger partial charge in [0, 0.05) is 68.5 Å². The van der Waals surface area contributed by atoms with E-state index in [1.807, 2.05) is 0 Å². The molecule has 148 valence electrons. The molecule has 27 heavy (non-hydrogen) atoms. The summed E-state index contributed by atoms with van der Waals surface area (Å²) in [4.78, 5) is 20.0. The van der Waals surface area contributed by atoms with E-state index in [-0.39, 0.29) is 0 Å². The van der Waals surface area contributed by atoms with E-state index in [4.69, 9.17) is 4.99 Å². The molecular formula is C18H29N7S2. The van der Waals surface area contributed by atoms with E-state index in [9.17, 15) is 0 Å². The molecule has 2 aromatic rings. The normalized spacial score (nSPS) is 15.5. The molecule has 2 aromatic heterocycles. The quantitative estimate of drug-likeness (QED) is 0.586. The van der Waals surface area contributed by atoms with Crippen LogP contribution in [0.15, 0.2) is 4.99 Å². The van der Waals surface area contributed by atoms with Gasteiger partial charge in [0.05, 0.1) is 10.7 Å². The summed E-state index contributed by atoms with van der Waals surface area (Å²) >= 11 is 3.29. The number of hydrogen-bond donors (Lipinski definition) is 1. The predicted octanol–water partition coefficient (Wildman–Crippen LogP) is 2.50. The third-order valence-electron chi connectivity index (χ3n) is 4.56. The lowest BCUT2D eigenvalue weighted by molar-refractivity contribution is 0.372. The molecule has 0 atom stereocenters. The first-order valence-corrected chi connectivity index (χ1v) is 11.2. The highest BCUT2D eigenvalue weighted by Gasteiger charge is 2.22. The molecule has 0 spiro atoms. The van der Waals surface area contributed by atoms with Crippen LogP contribution in [0, 0.1) is 13.8 Å². The number of piperazine rings is 1. The predicted molar refractivity (Wildman–Crippen MR) is 114 cm³/mol. The smallest absolute Gasteiger partial charge is 0.205 e. The van der Waals surface area contributed by atoms with Gasteiger partial charge < -0.3 is 15.1 Å². The van der Waals surface area contributed by atoms with Gasteiger partial charge in [-0.05, 0) is 20.8 Å². The van der Waals surface area contributed by atoms with Crippen LogP contribution in [0.25, 0.3) is 0 Å². The lowest BCUT2D eigenvalue weighted by atomic mass is 10.3. The summed E-state index contributed by atoms with van der Waals surface area (Å²) < 4.78 is 4.41. The molecular weight excluding hydrogens is 378 g/mol. The number of aryl methyl sites for hydroxylation is 3. The number of hydrogen-bond acceptors (Lipinski definition) is 7. The van der Waals surface area contributed by atoms with Gasteiger partial charge in [0.1, 0.15) is 5.82 Å². The summed E-state index contributed by atoms with van der Waals surface area (Å²) in [6.07, 6.45) is 1.85. The van der Waals surface area contributed by atoms with Crippen molar-refractivity contribution in [3.63, 3.8) is 0 Å². The first-order chi connectivity index (χ1) is 13.1. The molecule has 3 heterocycles. The minimum Gasteiger partial charge on any atom is -0.357 e. The molecule has 7 nitrogen and oxygen atoms in total. The number of anilines is 1. The van der Waals surface area contributed by atoms with Crippen LogP contribution in [0.1, 0.15) is 35.3 Å². The second-order valence-corrected chi connectivity index (χ2v) is 8.57.